The first-order valence-electron chi connectivity index (χ1n) is 9.81. The first-order valence-corrected chi connectivity index (χ1v) is 11.1. The van der Waals surface area contributed by atoms with Gasteiger partial charge in [0.05, 0.1) is 30.2 Å². The van der Waals surface area contributed by atoms with Crippen LogP contribution in [-0.2, 0) is 9.59 Å². The van der Waals surface area contributed by atoms with Crippen LogP contribution in [0.3, 0.4) is 0 Å². The molecule has 2 rings (SSSR count). The molecule has 0 aromatic heterocycles. The topological polar surface area (TPSA) is 76.7 Å². The minimum absolute atomic E-state index is 0.0206. The van der Waals surface area contributed by atoms with Gasteiger partial charge in [-0.05, 0) is 42.7 Å². The molecule has 0 spiro atoms. The lowest BCUT2D eigenvalue weighted by atomic mass is 9.92. The maximum Gasteiger partial charge on any atom is 0.237 e. The van der Waals surface area contributed by atoms with Gasteiger partial charge in [0.2, 0.25) is 11.8 Å². The standard InChI is InChI=1S/C23H29ClN2O4S/c1-14(22(28)26-18-11-17(24)19(29-5)12-20(18)30-6)31-16-9-7-15(8-10-16)25-21(27)13-23(2,3)4/h7-12,14H,13H2,1-6H3,(H,25,27)(H,26,28). The van der Waals surface area contributed by atoms with Crippen LogP contribution in [0.5, 0.6) is 11.5 Å². The van der Waals surface area contributed by atoms with Crippen LogP contribution in [0.25, 0.3) is 0 Å². The summed E-state index contributed by atoms with van der Waals surface area (Å²) in [5, 5.41) is 5.76. The molecule has 0 saturated carbocycles. The number of carbonyl (C=O) groups is 2. The van der Waals surface area contributed by atoms with E-state index in [0.29, 0.717) is 28.6 Å². The highest BCUT2D eigenvalue weighted by molar-refractivity contribution is 8.00. The van der Waals surface area contributed by atoms with Crippen LogP contribution in [0.1, 0.15) is 34.1 Å². The Morgan fingerprint density at radius 2 is 1.65 bits per heavy atom. The quantitative estimate of drug-likeness (QED) is 0.479. The number of thioether (sulfide) groups is 1. The third kappa shape index (κ3) is 7.67. The molecular weight excluding hydrogens is 436 g/mol. The van der Waals surface area contributed by atoms with E-state index in [0.717, 1.165) is 10.6 Å². The number of benzene rings is 2. The molecular formula is C23H29ClN2O4S. The smallest absolute Gasteiger partial charge is 0.237 e. The van der Waals surface area contributed by atoms with Crippen molar-refractivity contribution in [1.82, 2.24) is 0 Å². The summed E-state index contributed by atoms with van der Waals surface area (Å²) < 4.78 is 10.5. The van der Waals surface area contributed by atoms with Gasteiger partial charge in [-0.2, -0.15) is 0 Å². The van der Waals surface area contributed by atoms with E-state index >= 15 is 0 Å². The molecule has 168 valence electrons. The molecule has 2 aromatic rings. The molecule has 2 aromatic carbocycles. The second-order valence-electron chi connectivity index (χ2n) is 8.25. The van der Waals surface area contributed by atoms with Crippen molar-refractivity contribution >= 4 is 46.6 Å². The summed E-state index contributed by atoms with van der Waals surface area (Å²) in [6.45, 7) is 7.88. The summed E-state index contributed by atoms with van der Waals surface area (Å²) in [6.07, 6.45) is 0.444. The molecule has 1 unspecified atom stereocenters. The lowest BCUT2D eigenvalue weighted by Crippen LogP contribution is -2.22. The van der Waals surface area contributed by atoms with Gasteiger partial charge in [0.1, 0.15) is 11.5 Å². The van der Waals surface area contributed by atoms with Gasteiger partial charge in [-0.1, -0.05) is 32.4 Å². The second kappa shape index (κ2) is 10.8. The van der Waals surface area contributed by atoms with Crippen molar-refractivity contribution in [2.24, 2.45) is 5.41 Å². The van der Waals surface area contributed by atoms with Crippen molar-refractivity contribution in [2.45, 2.75) is 44.3 Å². The maximum absolute atomic E-state index is 12.7. The normalized spacial score (nSPS) is 12.1. The zero-order valence-corrected chi connectivity index (χ0v) is 20.2. The van der Waals surface area contributed by atoms with Gasteiger partial charge in [-0.25, -0.2) is 0 Å². The highest BCUT2D eigenvalue weighted by atomic mass is 35.5. The van der Waals surface area contributed by atoms with Crippen LogP contribution in [0.4, 0.5) is 11.4 Å². The van der Waals surface area contributed by atoms with Gasteiger partial charge >= 0.3 is 0 Å². The highest BCUT2D eigenvalue weighted by Crippen LogP contribution is 2.36. The van der Waals surface area contributed by atoms with Crippen LogP contribution < -0.4 is 20.1 Å². The van der Waals surface area contributed by atoms with Gasteiger partial charge in [0.25, 0.3) is 0 Å². The largest absolute Gasteiger partial charge is 0.495 e. The van der Waals surface area contributed by atoms with E-state index in [-0.39, 0.29) is 22.5 Å². The Labute approximate surface area is 193 Å². The zero-order chi connectivity index (χ0) is 23.2. The van der Waals surface area contributed by atoms with Crippen molar-refractivity contribution in [3.63, 3.8) is 0 Å². The molecule has 0 bridgehead atoms. The average molecular weight is 465 g/mol. The maximum atomic E-state index is 12.7. The van der Waals surface area contributed by atoms with Gasteiger partial charge in [0, 0.05) is 23.1 Å². The lowest BCUT2D eigenvalue weighted by molar-refractivity contribution is -0.118. The first-order chi connectivity index (χ1) is 14.5. The fourth-order valence-corrected chi connectivity index (χ4v) is 3.86. The summed E-state index contributed by atoms with van der Waals surface area (Å²) in [5.41, 5.74) is 1.13. The third-order valence-electron chi connectivity index (χ3n) is 4.24. The van der Waals surface area contributed by atoms with E-state index < -0.39 is 0 Å². The highest BCUT2D eigenvalue weighted by Gasteiger charge is 2.19. The van der Waals surface area contributed by atoms with Gasteiger partial charge in [-0.3, -0.25) is 9.59 Å². The first kappa shape index (κ1) is 24.9. The Morgan fingerprint density at radius 3 is 2.19 bits per heavy atom. The molecule has 0 saturated heterocycles. The summed E-state index contributed by atoms with van der Waals surface area (Å²) in [4.78, 5) is 25.7. The van der Waals surface area contributed by atoms with E-state index in [9.17, 15) is 9.59 Å². The molecule has 2 N–H and O–H groups in total. The number of rotatable bonds is 8. The molecule has 31 heavy (non-hydrogen) atoms. The minimum Gasteiger partial charge on any atom is -0.495 e. The fraction of sp³-hybridized carbons (Fsp3) is 0.391. The van der Waals surface area contributed by atoms with E-state index in [2.05, 4.69) is 10.6 Å². The SMILES string of the molecule is COc1cc(OC)c(NC(=O)C(C)Sc2ccc(NC(=O)CC(C)(C)C)cc2)cc1Cl. The van der Waals surface area contributed by atoms with Crippen LogP contribution >= 0.6 is 23.4 Å². The number of ether oxygens (including phenoxy) is 2. The van der Waals surface area contributed by atoms with Crippen molar-refractivity contribution < 1.29 is 19.1 Å². The van der Waals surface area contributed by atoms with Crippen molar-refractivity contribution in [3.8, 4) is 11.5 Å². The number of carbonyl (C=O) groups excluding carboxylic acids is 2. The Bertz CT molecular complexity index is 926. The van der Waals surface area contributed by atoms with Crippen LogP contribution in [-0.4, -0.2) is 31.3 Å². The summed E-state index contributed by atoms with van der Waals surface area (Å²) >= 11 is 7.58. The molecule has 0 fully saturated rings. The van der Waals surface area contributed by atoms with Crippen LogP contribution in [0.2, 0.25) is 5.02 Å². The summed E-state index contributed by atoms with van der Waals surface area (Å²) in [5.74, 6) is 0.718. The molecule has 0 aliphatic heterocycles. The molecule has 0 heterocycles. The summed E-state index contributed by atoms with van der Waals surface area (Å²) in [7, 11) is 3.03. The molecule has 0 aliphatic rings. The van der Waals surface area contributed by atoms with Gasteiger partial charge in [0.15, 0.2) is 0 Å². The molecule has 1 atom stereocenters. The van der Waals surface area contributed by atoms with E-state index in [1.54, 1.807) is 12.1 Å². The number of hydrogen-bond donors (Lipinski definition) is 2. The molecule has 6 nitrogen and oxygen atoms in total. The second-order valence-corrected chi connectivity index (χ2v) is 10.1. The Kier molecular flexibility index (Phi) is 8.65. The monoisotopic (exact) mass is 464 g/mol. The van der Waals surface area contributed by atoms with Crippen LogP contribution in [0, 0.1) is 5.41 Å². The molecule has 8 heteroatoms. The van der Waals surface area contributed by atoms with Crippen LogP contribution in [0.15, 0.2) is 41.3 Å². The number of nitrogens with one attached hydrogen (secondary N) is 2. The predicted octanol–water partition coefficient (Wildman–Crippen LogP) is 5.85. The number of methoxy groups -OCH3 is 2. The predicted molar refractivity (Wildman–Crippen MR) is 128 cm³/mol. The number of anilines is 2. The van der Waals surface area contributed by atoms with Gasteiger partial charge in [-0.15, -0.1) is 11.8 Å². The lowest BCUT2D eigenvalue weighted by Gasteiger charge is -2.17. The van der Waals surface area contributed by atoms with E-state index in [1.807, 2.05) is 52.0 Å². The van der Waals surface area contributed by atoms with E-state index in [4.69, 9.17) is 21.1 Å². The number of hydrogen-bond acceptors (Lipinski definition) is 5. The fourth-order valence-electron chi connectivity index (χ4n) is 2.75. The van der Waals surface area contributed by atoms with Crippen molar-refractivity contribution in [3.05, 3.63) is 41.4 Å². The number of amides is 2. The van der Waals surface area contributed by atoms with Crippen molar-refractivity contribution in [2.75, 3.05) is 24.9 Å². The zero-order valence-electron chi connectivity index (χ0n) is 18.7. The number of halogens is 1. The Hall–Kier alpha value is -2.38. The Morgan fingerprint density at radius 1 is 1.03 bits per heavy atom. The molecule has 0 radical (unpaired) electrons. The summed E-state index contributed by atoms with van der Waals surface area (Å²) in [6, 6.07) is 10.7. The third-order valence-corrected chi connectivity index (χ3v) is 5.65. The average Bonchev–Trinajstić information content (AvgIpc) is 2.68. The van der Waals surface area contributed by atoms with E-state index in [1.165, 1.54) is 26.0 Å². The molecule has 0 aliphatic carbocycles. The van der Waals surface area contributed by atoms with Gasteiger partial charge < -0.3 is 20.1 Å². The molecule has 2 amide bonds. The Balaban J connectivity index is 1.99. The minimum atomic E-state index is -0.369. The van der Waals surface area contributed by atoms with Crippen molar-refractivity contribution in [1.29, 1.82) is 0 Å².